The highest BCUT2D eigenvalue weighted by Gasteiger charge is 2.10. The highest BCUT2D eigenvalue weighted by Crippen LogP contribution is 2.21. The molecular formula is C13H15FN2O2. The van der Waals surface area contributed by atoms with Crippen LogP contribution in [0.4, 0.5) is 4.39 Å². The molecule has 1 heterocycles. The molecule has 0 saturated carbocycles. The van der Waals surface area contributed by atoms with E-state index in [0.717, 1.165) is 11.3 Å². The first kappa shape index (κ1) is 12.6. The van der Waals surface area contributed by atoms with Gasteiger partial charge in [-0.15, -0.1) is 0 Å². The van der Waals surface area contributed by atoms with E-state index in [9.17, 15) is 9.18 Å². The number of nitrogens with one attached hydrogen (secondary N) is 2. The summed E-state index contributed by atoms with van der Waals surface area (Å²) in [5.74, 6) is 0.410. The number of hydrazine groups is 1. The van der Waals surface area contributed by atoms with E-state index in [4.69, 9.17) is 4.74 Å². The van der Waals surface area contributed by atoms with Gasteiger partial charge in [0.1, 0.15) is 11.6 Å². The first-order valence-electron chi connectivity index (χ1n) is 5.74. The number of allylic oxidation sites excluding steroid dienone is 1. The van der Waals surface area contributed by atoms with Crippen LogP contribution in [0.5, 0.6) is 5.75 Å². The highest BCUT2D eigenvalue weighted by atomic mass is 19.1. The van der Waals surface area contributed by atoms with Crippen molar-refractivity contribution in [3.8, 4) is 5.75 Å². The number of hydrogen-bond acceptors (Lipinski definition) is 4. The number of ketones is 1. The Morgan fingerprint density at radius 2 is 2.22 bits per heavy atom. The van der Waals surface area contributed by atoms with Crippen LogP contribution in [0, 0.1) is 5.82 Å². The number of methoxy groups -OCH3 is 1. The monoisotopic (exact) mass is 250 g/mol. The van der Waals surface area contributed by atoms with Crippen LogP contribution >= 0.6 is 0 Å². The summed E-state index contributed by atoms with van der Waals surface area (Å²) in [4.78, 5) is 11.2. The Balaban J connectivity index is 2.05. The predicted octanol–water partition coefficient (Wildman–Crippen LogP) is 1.33. The van der Waals surface area contributed by atoms with Gasteiger partial charge >= 0.3 is 0 Å². The van der Waals surface area contributed by atoms with Gasteiger partial charge in [0, 0.05) is 11.8 Å². The van der Waals surface area contributed by atoms with Crippen LogP contribution in [0.2, 0.25) is 0 Å². The van der Waals surface area contributed by atoms with Crippen molar-refractivity contribution in [2.75, 3.05) is 13.7 Å². The lowest BCUT2D eigenvalue weighted by Gasteiger charge is -2.16. The van der Waals surface area contributed by atoms with E-state index < -0.39 is 0 Å². The van der Waals surface area contributed by atoms with Crippen molar-refractivity contribution in [2.45, 2.75) is 12.8 Å². The van der Waals surface area contributed by atoms with Crippen molar-refractivity contribution >= 4 is 5.78 Å². The first-order valence-corrected chi connectivity index (χ1v) is 5.74. The van der Waals surface area contributed by atoms with Crippen molar-refractivity contribution in [3.05, 3.63) is 41.4 Å². The predicted molar refractivity (Wildman–Crippen MR) is 65.5 cm³/mol. The molecule has 1 aliphatic rings. The fourth-order valence-electron chi connectivity index (χ4n) is 1.87. The topological polar surface area (TPSA) is 50.4 Å². The summed E-state index contributed by atoms with van der Waals surface area (Å²) in [6, 6.07) is 4.43. The van der Waals surface area contributed by atoms with Crippen LogP contribution in [-0.2, 0) is 11.2 Å². The molecule has 4 nitrogen and oxygen atoms in total. The second kappa shape index (κ2) is 5.64. The zero-order chi connectivity index (χ0) is 13.0. The maximum absolute atomic E-state index is 13.2. The van der Waals surface area contributed by atoms with Gasteiger partial charge in [-0.25, -0.2) is 9.82 Å². The Bertz CT molecular complexity index is 486. The molecule has 0 unspecified atom stereocenters. The molecule has 0 saturated heterocycles. The summed E-state index contributed by atoms with van der Waals surface area (Å²) in [5, 5.41) is 0. The van der Waals surface area contributed by atoms with Gasteiger partial charge < -0.3 is 10.2 Å². The zero-order valence-electron chi connectivity index (χ0n) is 10.1. The molecule has 0 amide bonds. The van der Waals surface area contributed by atoms with Crippen molar-refractivity contribution in [2.24, 2.45) is 0 Å². The molecule has 5 heteroatoms. The molecule has 0 fully saturated rings. The van der Waals surface area contributed by atoms with Gasteiger partial charge in [0.2, 0.25) is 0 Å². The van der Waals surface area contributed by atoms with E-state index in [-0.39, 0.29) is 11.6 Å². The fraction of sp³-hybridized carbons (Fsp3) is 0.308. The summed E-state index contributed by atoms with van der Waals surface area (Å²) < 4.78 is 18.3. The maximum atomic E-state index is 13.2. The molecule has 1 aromatic carbocycles. The lowest BCUT2D eigenvalue weighted by molar-refractivity contribution is -0.114. The van der Waals surface area contributed by atoms with E-state index in [1.807, 2.05) is 0 Å². The minimum absolute atomic E-state index is 0.0370. The van der Waals surface area contributed by atoms with Crippen molar-refractivity contribution < 1.29 is 13.9 Å². The van der Waals surface area contributed by atoms with E-state index in [1.165, 1.54) is 12.1 Å². The Labute approximate surface area is 105 Å². The van der Waals surface area contributed by atoms with Crippen molar-refractivity contribution in [1.82, 2.24) is 10.9 Å². The second-order valence-corrected chi connectivity index (χ2v) is 4.07. The van der Waals surface area contributed by atoms with Gasteiger partial charge in [0.25, 0.3) is 0 Å². The maximum Gasteiger partial charge on any atom is 0.173 e. The molecule has 0 aromatic heterocycles. The SMILES string of the molecule is COc1ccc(F)cc1CCC1=CC(=O)CNN1. The Hall–Kier alpha value is -1.88. The fourth-order valence-corrected chi connectivity index (χ4v) is 1.87. The lowest BCUT2D eigenvalue weighted by atomic mass is 10.1. The number of hydrogen-bond donors (Lipinski definition) is 2. The number of rotatable bonds is 4. The number of ether oxygens (including phenoxy) is 1. The Morgan fingerprint density at radius 3 is 2.94 bits per heavy atom. The molecule has 0 radical (unpaired) electrons. The average Bonchev–Trinajstić information content (AvgIpc) is 2.37. The van der Waals surface area contributed by atoms with Crippen LogP contribution < -0.4 is 15.6 Å². The summed E-state index contributed by atoms with van der Waals surface area (Å²) in [7, 11) is 1.56. The number of carbonyl (C=O) groups is 1. The average molecular weight is 250 g/mol. The number of halogens is 1. The van der Waals surface area contributed by atoms with Crippen LogP contribution in [0.3, 0.4) is 0 Å². The van der Waals surface area contributed by atoms with Gasteiger partial charge in [0.05, 0.1) is 13.7 Å². The van der Waals surface area contributed by atoms with Crippen LogP contribution in [0.1, 0.15) is 12.0 Å². The van der Waals surface area contributed by atoms with E-state index in [0.29, 0.717) is 25.1 Å². The Kier molecular flexibility index (Phi) is 3.94. The molecule has 0 bridgehead atoms. The van der Waals surface area contributed by atoms with Gasteiger partial charge in [-0.1, -0.05) is 0 Å². The molecule has 0 spiro atoms. The summed E-state index contributed by atoms with van der Waals surface area (Å²) in [5.41, 5.74) is 7.31. The first-order chi connectivity index (χ1) is 8.69. The number of aryl methyl sites for hydroxylation is 1. The van der Waals surface area contributed by atoms with Gasteiger partial charge in [-0.05, 0) is 36.6 Å². The summed E-state index contributed by atoms with van der Waals surface area (Å²) in [6.45, 7) is 0.298. The molecular weight excluding hydrogens is 235 g/mol. The van der Waals surface area contributed by atoms with E-state index >= 15 is 0 Å². The van der Waals surface area contributed by atoms with Crippen molar-refractivity contribution in [1.29, 1.82) is 0 Å². The third-order valence-corrected chi connectivity index (χ3v) is 2.75. The molecule has 96 valence electrons. The van der Waals surface area contributed by atoms with Crippen molar-refractivity contribution in [3.63, 3.8) is 0 Å². The minimum atomic E-state index is -0.286. The zero-order valence-corrected chi connectivity index (χ0v) is 10.1. The molecule has 0 atom stereocenters. The van der Waals surface area contributed by atoms with Gasteiger partial charge in [0.15, 0.2) is 5.78 Å². The minimum Gasteiger partial charge on any atom is -0.496 e. The molecule has 2 N–H and O–H groups in total. The summed E-state index contributed by atoms with van der Waals surface area (Å²) >= 11 is 0. The lowest BCUT2D eigenvalue weighted by Crippen LogP contribution is -2.39. The largest absolute Gasteiger partial charge is 0.496 e. The highest BCUT2D eigenvalue weighted by molar-refractivity contribution is 5.92. The summed E-state index contributed by atoms with van der Waals surface area (Å²) in [6.07, 6.45) is 2.80. The number of benzene rings is 1. The van der Waals surface area contributed by atoms with Crippen LogP contribution in [-0.4, -0.2) is 19.4 Å². The van der Waals surface area contributed by atoms with E-state index in [1.54, 1.807) is 19.3 Å². The molecule has 1 aliphatic heterocycles. The molecule has 18 heavy (non-hydrogen) atoms. The third kappa shape index (κ3) is 3.07. The quantitative estimate of drug-likeness (QED) is 0.846. The Morgan fingerprint density at radius 1 is 1.39 bits per heavy atom. The smallest absolute Gasteiger partial charge is 0.173 e. The third-order valence-electron chi connectivity index (χ3n) is 2.75. The van der Waals surface area contributed by atoms with Gasteiger partial charge in [-0.3, -0.25) is 4.79 Å². The van der Waals surface area contributed by atoms with E-state index in [2.05, 4.69) is 10.9 Å². The van der Waals surface area contributed by atoms with Crippen LogP contribution in [0.25, 0.3) is 0 Å². The normalized spacial score (nSPS) is 15.0. The molecule has 2 rings (SSSR count). The standard InChI is InChI=1S/C13H15FN2O2/c1-18-13-5-3-10(14)6-9(13)2-4-11-7-12(17)8-15-16-11/h3,5-7,15-16H,2,4,8H2,1H3. The molecule has 0 aliphatic carbocycles. The number of carbonyl (C=O) groups excluding carboxylic acids is 1. The second-order valence-electron chi connectivity index (χ2n) is 4.07. The molecule has 1 aromatic rings. The van der Waals surface area contributed by atoms with Gasteiger partial charge in [-0.2, -0.15) is 0 Å². The van der Waals surface area contributed by atoms with Crippen LogP contribution in [0.15, 0.2) is 30.0 Å².